The first kappa shape index (κ1) is 17.2. The normalized spacial score (nSPS) is 10.0. The minimum atomic E-state index is -0.485. The van der Waals surface area contributed by atoms with Crippen molar-refractivity contribution >= 4 is 11.9 Å². The van der Waals surface area contributed by atoms with E-state index in [1.165, 1.54) is 0 Å². The molecule has 0 N–H and O–H groups in total. The standard InChI is InChI=1S/C21H16O5/c1-24-17-9-7-16(8-10-17)21(23)26-19-13-11-18(12-14-19)25-20(22)15-5-3-2-4-6-15/h2-14H,1H3. The summed E-state index contributed by atoms with van der Waals surface area (Å²) in [5.41, 5.74) is 0.868. The van der Waals surface area contributed by atoms with Crippen LogP contribution in [0.25, 0.3) is 0 Å². The second kappa shape index (κ2) is 7.98. The minimum Gasteiger partial charge on any atom is -0.497 e. The van der Waals surface area contributed by atoms with Crippen molar-refractivity contribution in [2.75, 3.05) is 7.11 Å². The lowest BCUT2D eigenvalue weighted by Gasteiger charge is -2.07. The maximum atomic E-state index is 12.1. The van der Waals surface area contributed by atoms with Crippen molar-refractivity contribution in [3.63, 3.8) is 0 Å². The summed E-state index contributed by atoms with van der Waals surface area (Å²) in [6.07, 6.45) is 0. The topological polar surface area (TPSA) is 61.8 Å². The van der Waals surface area contributed by atoms with Crippen LogP contribution in [0.15, 0.2) is 78.9 Å². The van der Waals surface area contributed by atoms with Crippen LogP contribution in [-0.4, -0.2) is 19.0 Å². The second-order valence-electron chi connectivity index (χ2n) is 5.34. The highest BCUT2D eigenvalue weighted by atomic mass is 16.5. The molecule has 0 spiro atoms. The Labute approximate surface area is 150 Å². The monoisotopic (exact) mass is 348 g/mol. The molecule has 0 aliphatic heterocycles. The Balaban J connectivity index is 1.62. The molecule has 5 heteroatoms. The molecule has 0 amide bonds. The smallest absolute Gasteiger partial charge is 0.343 e. The van der Waals surface area contributed by atoms with Crippen LogP contribution in [0.5, 0.6) is 17.2 Å². The van der Waals surface area contributed by atoms with Gasteiger partial charge in [0.25, 0.3) is 0 Å². The fourth-order valence-corrected chi connectivity index (χ4v) is 2.21. The fourth-order valence-electron chi connectivity index (χ4n) is 2.21. The Hall–Kier alpha value is -3.60. The zero-order valence-electron chi connectivity index (χ0n) is 14.0. The molecule has 0 unspecified atom stereocenters. The van der Waals surface area contributed by atoms with E-state index in [2.05, 4.69) is 0 Å². The van der Waals surface area contributed by atoms with Crippen molar-refractivity contribution in [2.45, 2.75) is 0 Å². The Bertz CT molecular complexity index is 884. The number of methoxy groups -OCH3 is 1. The summed E-state index contributed by atoms with van der Waals surface area (Å²) in [6, 6.07) is 21.6. The molecule has 26 heavy (non-hydrogen) atoms. The Morgan fingerprint density at radius 3 is 1.46 bits per heavy atom. The van der Waals surface area contributed by atoms with E-state index in [0.29, 0.717) is 28.4 Å². The zero-order chi connectivity index (χ0) is 18.4. The summed E-state index contributed by atoms with van der Waals surface area (Å²) in [5, 5.41) is 0. The lowest BCUT2D eigenvalue weighted by molar-refractivity contribution is 0.0719. The minimum absolute atomic E-state index is 0.352. The SMILES string of the molecule is COc1ccc(C(=O)Oc2ccc(OC(=O)c3ccccc3)cc2)cc1. The van der Waals surface area contributed by atoms with Gasteiger partial charge in [0.1, 0.15) is 17.2 Å². The van der Waals surface area contributed by atoms with Gasteiger partial charge in [0.2, 0.25) is 0 Å². The predicted octanol–water partition coefficient (Wildman–Crippen LogP) is 4.13. The van der Waals surface area contributed by atoms with Gasteiger partial charge in [-0.05, 0) is 60.7 Å². The van der Waals surface area contributed by atoms with Crippen LogP contribution in [-0.2, 0) is 0 Å². The molecule has 0 saturated carbocycles. The van der Waals surface area contributed by atoms with Gasteiger partial charge < -0.3 is 14.2 Å². The number of ether oxygens (including phenoxy) is 3. The van der Waals surface area contributed by atoms with Gasteiger partial charge in [-0.2, -0.15) is 0 Å². The van der Waals surface area contributed by atoms with Crippen molar-refractivity contribution in [3.8, 4) is 17.2 Å². The third-order valence-electron chi connectivity index (χ3n) is 3.58. The summed E-state index contributed by atoms with van der Waals surface area (Å²) in [6.45, 7) is 0. The Morgan fingerprint density at radius 1 is 0.577 bits per heavy atom. The molecule has 3 aromatic carbocycles. The van der Waals surface area contributed by atoms with E-state index in [-0.39, 0.29) is 0 Å². The third kappa shape index (κ3) is 4.27. The van der Waals surface area contributed by atoms with Crippen LogP contribution in [0.2, 0.25) is 0 Å². The van der Waals surface area contributed by atoms with E-state index in [9.17, 15) is 9.59 Å². The van der Waals surface area contributed by atoms with Gasteiger partial charge in [0, 0.05) is 0 Å². The molecule has 130 valence electrons. The first-order valence-corrected chi connectivity index (χ1v) is 7.89. The average molecular weight is 348 g/mol. The molecule has 0 saturated heterocycles. The van der Waals surface area contributed by atoms with Gasteiger partial charge in [-0.1, -0.05) is 18.2 Å². The van der Waals surface area contributed by atoms with Gasteiger partial charge >= 0.3 is 11.9 Å². The maximum absolute atomic E-state index is 12.1. The molecule has 0 aliphatic carbocycles. The Morgan fingerprint density at radius 2 is 1.00 bits per heavy atom. The second-order valence-corrected chi connectivity index (χ2v) is 5.34. The van der Waals surface area contributed by atoms with Crippen molar-refractivity contribution in [2.24, 2.45) is 0 Å². The molecule has 3 rings (SSSR count). The summed E-state index contributed by atoms with van der Waals surface area (Å²) < 4.78 is 15.6. The predicted molar refractivity (Wildman–Crippen MR) is 95.8 cm³/mol. The van der Waals surface area contributed by atoms with Crippen molar-refractivity contribution in [3.05, 3.63) is 90.0 Å². The number of carbonyl (C=O) groups is 2. The third-order valence-corrected chi connectivity index (χ3v) is 3.58. The van der Waals surface area contributed by atoms with E-state index in [0.717, 1.165) is 0 Å². The first-order valence-electron chi connectivity index (χ1n) is 7.89. The molecule has 0 aromatic heterocycles. The molecule has 0 heterocycles. The van der Waals surface area contributed by atoms with Crippen molar-refractivity contribution in [1.82, 2.24) is 0 Å². The van der Waals surface area contributed by atoms with Gasteiger partial charge in [-0.15, -0.1) is 0 Å². The molecule has 0 radical (unpaired) electrons. The molecule has 0 bridgehead atoms. The molecule has 0 fully saturated rings. The number of benzene rings is 3. The summed E-state index contributed by atoms with van der Waals surface area (Å²) >= 11 is 0. The molecular formula is C21H16O5. The van der Waals surface area contributed by atoms with Crippen molar-refractivity contribution in [1.29, 1.82) is 0 Å². The maximum Gasteiger partial charge on any atom is 0.343 e. The number of esters is 2. The lowest BCUT2D eigenvalue weighted by atomic mass is 10.2. The van der Waals surface area contributed by atoms with Crippen LogP contribution in [0, 0.1) is 0 Å². The Kier molecular flexibility index (Phi) is 5.29. The van der Waals surface area contributed by atoms with Crippen LogP contribution in [0.1, 0.15) is 20.7 Å². The molecule has 3 aromatic rings. The zero-order valence-corrected chi connectivity index (χ0v) is 14.0. The van der Waals surface area contributed by atoms with Crippen LogP contribution < -0.4 is 14.2 Å². The highest BCUT2D eigenvalue weighted by Crippen LogP contribution is 2.20. The number of carbonyl (C=O) groups excluding carboxylic acids is 2. The van der Waals surface area contributed by atoms with Gasteiger partial charge in [0.05, 0.1) is 18.2 Å². The van der Waals surface area contributed by atoms with E-state index in [1.54, 1.807) is 79.9 Å². The lowest BCUT2D eigenvalue weighted by Crippen LogP contribution is -2.09. The molecule has 0 aliphatic rings. The number of rotatable bonds is 5. The number of hydrogen-bond acceptors (Lipinski definition) is 5. The summed E-state index contributed by atoms with van der Waals surface area (Å²) in [4.78, 5) is 24.1. The molecule has 5 nitrogen and oxygen atoms in total. The van der Waals surface area contributed by atoms with E-state index in [4.69, 9.17) is 14.2 Å². The highest BCUT2D eigenvalue weighted by molar-refractivity contribution is 5.91. The van der Waals surface area contributed by atoms with Crippen LogP contribution >= 0.6 is 0 Å². The summed E-state index contributed by atoms with van der Waals surface area (Å²) in [7, 11) is 1.56. The van der Waals surface area contributed by atoms with Gasteiger partial charge in [-0.3, -0.25) is 0 Å². The van der Waals surface area contributed by atoms with Gasteiger partial charge in [0.15, 0.2) is 0 Å². The molecule has 0 atom stereocenters. The summed E-state index contributed by atoms with van der Waals surface area (Å²) in [5.74, 6) is 0.440. The number of hydrogen-bond donors (Lipinski definition) is 0. The largest absolute Gasteiger partial charge is 0.497 e. The highest BCUT2D eigenvalue weighted by Gasteiger charge is 2.10. The van der Waals surface area contributed by atoms with Crippen LogP contribution in [0.4, 0.5) is 0 Å². The van der Waals surface area contributed by atoms with Gasteiger partial charge in [-0.25, -0.2) is 9.59 Å². The average Bonchev–Trinajstić information content (AvgIpc) is 2.70. The fraction of sp³-hybridized carbons (Fsp3) is 0.0476. The van der Waals surface area contributed by atoms with Crippen LogP contribution in [0.3, 0.4) is 0 Å². The molecular weight excluding hydrogens is 332 g/mol. The first-order chi connectivity index (χ1) is 12.7. The van der Waals surface area contributed by atoms with Crippen molar-refractivity contribution < 1.29 is 23.8 Å². The van der Waals surface area contributed by atoms with E-state index in [1.807, 2.05) is 6.07 Å². The van der Waals surface area contributed by atoms with E-state index < -0.39 is 11.9 Å². The van der Waals surface area contributed by atoms with E-state index >= 15 is 0 Å². The quantitative estimate of drug-likeness (QED) is 0.512.